The van der Waals surface area contributed by atoms with Gasteiger partial charge in [-0.3, -0.25) is 9.59 Å². The van der Waals surface area contributed by atoms with Crippen molar-refractivity contribution >= 4 is 11.8 Å². The molecule has 2 amide bonds. The van der Waals surface area contributed by atoms with Crippen LogP contribution in [-0.2, 0) is 11.3 Å². The molecule has 2 aromatic rings. The average molecular weight is 372 g/mol. The van der Waals surface area contributed by atoms with Crippen LogP contribution >= 0.6 is 0 Å². The van der Waals surface area contributed by atoms with Crippen LogP contribution in [0.15, 0.2) is 48.5 Å². The molecule has 0 bridgehead atoms. The van der Waals surface area contributed by atoms with Crippen LogP contribution in [0.2, 0.25) is 0 Å². The Bertz CT molecular complexity index is 856. The van der Waals surface area contributed by atoms with Gasteiger partial charge in [-0.1, -0.05) is 24.3 Å². The number of benzene rings is 2. The molecule has 1 saturated heterocycles. The first kappa shape index (κ1) is 19.0. The number of carbonyl (C=O) groups is 2. The number of likely N-dealkylation sites (tertiary alicyclic amines) is 1. The van der Waals surface area contributed by atoms with E-state index in [0.717, 1.165) is 0 Å². The monoisotopic (exact) mass is 372 g/mol. The lowest BCUT2D eigenvalue weighted by Gasteiger charge is -2.39. The highest BCUT2D eigenvalue weighted by molar-refractivity contribution is 5.95. The van der Waals surface area contributed by atoms with Gasteiger partial charge in [0.1, 0.15) is 11.6 Å². The lowest BCUT2D eigenvalue weighted by atomic mass is 9.80. The van der Waals surface area contributed by atoms with Gasteiger partial charge in [0.05, 0.1) is 11.0 Å². The third kappa shape index (κ3) is 4.32. The molecule has 1 aliphatic rings. The molecule has 142 valence electrons. The van der Waals surface area contributed by atoms with Gasteiger partial charge in [0.25, 0.3) is 5.91 Å². The van der Waals surface area contributed by atoms with Crippen molar-refractivity contribution in [2.75, 3.05) is 13.1 Å². The van der Waals surface area contributed by atoms with E-state index in [2.05, 4.69) is 5.32 Å². The Morgan fingerprint density at radius 1 is 1.15 bits per heavy atom. The number of rotatable bonds is 4. The van der Waals surface area contributed by atoms with Gasteiger partial charge >= 0.3 is 0 Å². The summed E-state index contributed by atoms with van der Waals surface area (Å²) in [5.41, 5.74) is -0.0871. The highest BCUT2D eigenvalue weighted by Gasteiger charge is 2.39. The van der Waals surface area contributed by atoms with Crippen molar-refractivity contribution in [2.24, 2.45) is 5.41 Å². The van der Waals surface area contributed by atoms with Gasteiger partial charge < -0.3 is 10.2 Å². The van der Waals surface area contributed by atoms with E-state index in [1.807, 2.05) is 0 Å². The van der Waals surface area contributed by atoms with Gasteiger partial charge in [-0.15, -0.1) is 0 Å². The van der Waals surface area contributed by atoms with Crippen LogP contribution in [0.1, 0.15) is 35.7 Å². The van der Waals surface area contributed by atoms with Crippen LogP contribution in [0.4, 0.5) is 8.78 Å². The maximum Gasteiger partial charge on any atom is 0.256 e. The van der Waals surface area contributed by atoms with E-state index in [9.17, 15) is 18.4 Å². The summed E-state index contributed by atoms with van der Waals surface area (Å²) in [7, 11) is 0. The summed E-state index contributed by atoms with van der Waals surface area (Å²) < 4.78 is 27.2. The van der Waals surface area contributed by atoms with E-state index in [0.29, 0.717) is 24.9 Å². The predicted molar refractivity (Wildman–Crippen MR) is 97.9 cm³/mol. The van der Waals surface area contributed by atoms with Gasteiger partial charge in [0.15, 0.2) is 0 Å². The lowest BCUT2D eigenvalue weighted by molar-refractivity contribution is -0.132. The fourth-order valence-corrected chi connectivity index (χ4v) is 3.45. The predicted octanol–water partition coefficient (Wildman–Crippen LogP) is 3.52. The highest BCUT2D eigenvalue weighted by Crippen LogP contribution is 2.31. The first-order valence-electron chi connectivity index (χ1n) is 8.96. The minimum absolute atomic E-state index is 0.0157. The van der Waals surface area contributed by atoms with Crippen molar-refractivity contribution in [3.8, 4) is 0 Å². The highest BCUT2D eigenvalue weighted by atomic mass is 19.1. The van der Waals surface area contributed by atoms with Crippen molar-refractivity contribution in [3.63, 3.8) is 0 Å². The number of piperidine rings is 1. The molecule has 0 radical (unpaired) electrons. The number of halogens is 2. The normalized spacial score (nSPS) is 19.6. The second kappa shape index (κ2) is 7.86. The molecule has 0 saturated carbocycles. The van der Waals surface area contributed by atoms with Gasteiger partial charge in [0, 0.05) is 19.6 Å². The maximum absolute atomic E-state index is 13.9. The van der Waals surface area contributed by atoms with Crippen LogP contribution in [-0.4, -0.2) is 29.8 Å². The zero-order valence-corrected chi connectivity index (χ0v) is 15.2. The van der Waals surface area contributed by atoms with E-state index >= 15 is 0 Å². The third-order valence-electron chi connectivity index (χ3n) is 4.98. The van der Waals surface area contributed by atoms with Crippen molar-refractivity contribution in [3.05, 3.63) is 71.3 Å². The Hall–Kier alpha value is -2.76. The molecule has 6 heteroatoms. The summed E-state index contributed by atoms with van der Waals surface area (Å²) in [4.78, 5) is 26.9. The van der Waals surface area contributed by atoms with Gasteiger partial charge in [-0.25, -0.2) is 8.78 Å². The minimum atomic E-state index is -0.771. The standard InChI is InChI=1S/C21H22F2N2O2/c1-21(20(27)24-13-15-6-4-7-16(22)12-15)10-5-11-25(14-21)19(26)17-8-2-3-9-18(17)23/h2-4,6-9,12H,5,10-11,13-14H2,1H3,(H,24,27). The molecule has 4 nitrogen and oxygen atoms in total. The molecule has 2 aromatic carbocycles. The second-order valence-electron chi connectivity index (χ2n) is 7.18. The fraction of sp³-hybridized carbons (Fsp3) is 0.333. The van der Waals surface area contributed by atoms with Gasteiger partial charge in [0.2, 0.25) is 5.91 Å². The summed E-state index contributed by atoms with van der Waals surface area (Å²) in [6, 6.07) is 11.9. The van der Waals surface area contributed by atoms with Crippen molar-refractivity contribution in [2.45, 2.75) is 26.3 Å². The molecule has 0 aliphatic carbocycles. The van der Waals surface area contributed by atoms with E-state index in [1.165, 1.54) is 35.2 Å². The Morgan fingerprint density at radius 2 is 1.93 bits per heavy atom. The van der Waals surface area contributed by atoms with Gasteiger partial charge in [-0.05, 0) is 49.6 Å². The Kier molecular flexibility index (Phi) is 5.54. The molecule has 1 heterocycles. The van der Waals surface area contributed by atoms with Crippen LogP contribution in [0.5, 0.6) is 0 Å². The topological polar surface area (TPSA) is 49.4 Å². The smallest absolute Gasteiger partial charge is 0.256 e. The van der Waals surface area contributed by atoms with Gasteiger partial charge in [-0.2, -0.15) is 0 Å². The first-order chi connectivity index (χ1) is 12.9. The molecule has 1 fully saturated rings. The molecule has 27 heavy (non-hydrogen) atoms. The van der Waals surface area contributed by atoms with Crippen molar-refractivity contribution in [1.29, 1.82) is 0 Å². The van der Waals surface area contributed by atoms with Crippen LogP contribution < -0.4 is 5.32 Å². The van der Waals surface area contributed by atoms with Crippen molar-refractivity contribution in [1.82, 2.24) is 10.2 Å². The summed E-state index contributed by atoms with van der Waals surface area (Å²) in [6.45, 7) is 2.72. The van der Waals surface area contributed by atoms with Crippen molar-refractivity contribution < 1.29 is 18.4 Å². The Labute approximate surface area is 157 Å². The fourth-order valence-electron chi connectivity index (χ4n) is 3.45. The Morgan fingerprint density at radius 3 is 2.67 bits per heavy atom. The number of hydrogen-bond acceptors (Lipinski definition) is 2. The summed E-state index contributed by atoms with van der Waals surface area (Å²) >= 11 is 0. The SMILES string of the molecule is CC1(C(=O)NCc2cccc(F)c2)CCCN(C(=O)c2ccccc2F)C1. The van der Waals surface area contributed by atoms with Crippen LogP contribution in [0.25, 0.3) is 0 Å². The summed E-state index contributed by atoms with van der Waals surface area (Å²) in [5.74, 6) is -1.52. The average Bonchev–Trinajstić information content (AvgIpc) is 2.66. The largest absolute Gasteiger partial charge is 0.351 e. The number of nitrogens with one attached hydrogen (secondary N) is 1. The number of hydrogen-bond donors (Lipinski definition) is 1. The molecule has 1 atom stereocenters. The molecule has 1 N–H and O–H groups in total. The molecular formula is C21H22F2N2O2. The van der Waals surface area contributed by atoms with E-state index in [-0.39, 0.29) is 30.4 Å². The zero-order chi connectivity index (χ0) is 19.4. The first-order valence-corrected chi connectivity index (χ1v) is 8.96. The molecule has 0 spiro atoms. The molecule has 1 unspecified atom stereocenters. The summed E-state index contributed by atoms with van der Waals surface area (Å²) in [6.07, 6.45) is 1.28. The molecular weight excluding hydrogens is 350 g/mol. The quantitative estimate of drug-likeness (QED) is 0.893. The summed E-state index contributed by atoms with van der Waals surface area (Å²) in [5, 5.41) is 2.83. The second-order valence-corrected chi connectivity index (χ2v) is 7.18. The minimum Gasteiger partial charge on any atom is -0.351 e. The third-order valence-corrected chi connectivity index (χ3v) is 4.98. The molecule has 0 aromatic heterocycles. The number of nitrogens with zero attached hydrogens (tertiary/aromatic N) is 1. The van der Waals surface area contributed by atoms with E-state index in [1.54, 1.807) is 25.1 Å². The van der Waals surface area contributed by atoms with Crippen LogP contribution in [0, 0.1) is 17.0 Å². The number of carbonyl (C=O) groups excluding carboxylic acids is 2. The zero-order valence-electron chi connectivity index (χ0n) is 15.2. The number of amides is 2. The van der Waals surface area contributed by atoms with E-state index in [4.69, 9.17) is 0 Å². The lowest BCUT2D eigenvalue weighted by Crippen LogP contribution is -2.51. The van der Waals surface area contributed by atoms with Crippen LogP contribution in [0.3, 0.4) is 0 Å². The van der Waals surface area contributed by atoms with E-state index < -0.39 is 17.1 Å². The Balaban J connectivity index is 1.67. The molecule has 1 aliphatic heterocycles. The maximum atomic E-state index is 13.9. The molecule has 3 rings (SSSR count).